The molecule has 0 saturated heterocycles. The first-order valence-electron chi connectivity index (χ1n) is 15.5. The molecule has 9 rings (SSSR count). The van der Waals surface area contributed by atoms with Crippen LogP contribution in [-0.4, -0.2) is 0 Å². The second-order valence-electron chi connectivity index (χ2n) is 12.1. The molecule has 0 atom stereocenters. The summed E-state index contributed by atoms with van der Waals surface area (Å²) >= 11 is 0. The number of hydrogen-bond acceptors (Lipinski definition) is 4. The highest BCUT2D eigenvalue weighted by atomic mass is 14.3. The van der Waals surface area contributed by atoms with E-state index in [9.17, 15) is 21.0 Å². The average Bonchev–Trinajstić information content (AvgIpc) is 3.46. The Morgan fingerprint density at radius 1 is 0.312 bits per heavy atom. The van der Waals surface area contributed by atoms with Crippen LogP contribution in [-0.2, 0) is 0 Å². The summed E-state index contributed by atoms with van der Waals surface area (Å²) in [6, 6.07) is 49.5. The third-order valence-corrected chi connectivity index (χ3v) is 9.72. The molecule has 0 spiro atoms. The molecule has 0 saturated carbocycles. The quantitative estimate of drug-likeness (QED) is 0.183. The van der Waals surface area contributed by atoms with Gasteiger partial charge in [0, 0.05) is 11.1 Å². The zero-order valence-electron chi connectivity index (χ0n) is 25.3. The average molecular weight is 605 g/mol. The van der Waals surface area contributed by atoms with Crippen molar-refractivity contribution < 1.29 is 0 Å². The zero-order chi connectivity index (χ0) is 32.5. The van der Waals surface area contributed by atoms with Gasteiger partial charge in [0.25, 0.3) is 0 Å². The third kappa shape index (κ3) is 3.73. The van der Waals surface area contributed by atoms with Gasteiger partial charge in [-0.3, -0.25) is 0 Å². The van der Waals surface area contributed by atoms with Crippen molar-refractivity contribution in [2.45, 2.75) is 0 Å². The molecule has 0 aliphatic heterocycles. The lowest BCUT2D eigenvalue weighted by molar-refractivity contribution is 1.45. The SMILES string of the molecule is N#Cc1ccc(-c2cc3c4cc5c(cc4c(-c4ccc(C#N)cc4C#N)cc3c3ccccc23)-c2cccc3cccc-5c23)c(C#N)c1. The molecule has 0 N–H and O–H groups in total. The Morgan fingerprint density at radius 3 is 1.35 bits per heavy atom. The van der Waals surface area contributed by atoms with Crippen LogP contribution in [0.15, 0.2) is 121 Å². The summed E-state index contributed by atoms with van der Waals surface area (Å²) in [6.45, 7) is 0. The van der Waals surface area contributed by atoms with Crippen molar-refractivity contribution in [1.29, 1.82) is 21.0 Å². The minimum atomic E-state index is 0.439. The van der Waals surface area contributed by atoms with Crippen LogP contribution in [0.3, 0.4) is 0 Å². The largest absolute Gasteiger partial charge is 0.192 e. The fourth-order valence-corrected chi connectivity index (χ4v) is 7.61. The van der Waals surface area contributed by atoms with Crippen LogP contribution in [0.4, 0.5) is 0 Å². The van der Waals surface area contributed by atoms with Crippen LogP contribution in [0, 0.1) is 45.3 Å². The van der Waals surface area contributed by atoms with Gasteiger partial charge in [0.1, 0.15) is 0 Å². The van der Waals surface area contributed by atoms with Crippen LogP contribution in [0.25, 0.3) is 87.6 Å². The van der Waals surface area contributed by atoms with Crippen LogP contribution >= 0.6 is 0 Å². The zero-order valence-corrected chi connectivity index (χ0v) is 25.3. The topological polar surface area (TPSA) is 95.2 Å². The van der Waals surface area contributed by atoms with Crippen LogP contribution < -0.4 is 0 Å². The number of nitriles is 4. The summed E-state index contributed by atoms with van der Waals surface area (Å²) in [4.78, 5) is 0. The van der Waals surface area contributed by atoms with Crippen molar-refractivity contribution in [3.8, 4) is 68.8 Å². The van der Waals surface area contributed by atoms with E-state index >= 15 is 0 Å². The third-order valence-electron chi connectivity index (χ3n) is 9.72. The van der Waals surface area contributed by atoms with Crippen molar-refractivity contribution in [2.24, 2.45) is 0 Å². The Kier molecular flexibility index (Phi) is 5.72. The molecule has 1 aliphatic rings. The first kappa shape index (κ1) is 27.1. The van der Waals surface area contributed by atoms with Crippen molar-refractivity contribution in [3.05, 3.63) is 144 Å². The second kappa shape index (κ2) is 10.1. The molecule has 0 heterocycles. The van der Waals surface area contributed by atoms with E-state index in [4.69, 9.17) is 0 Å². The maximum absolute atomic E-state index is 10.3. The van der Waals surface area contributed by atoms with E-state index in [-0.39, 0.29) is 0 Å². The summed E-state index contributed by atoms with van der Waals surface area (Å²) in [5.74, 6) is 0. The highest BCUT2D eigenvalue weighted by Gasteiger charge is 2.25. The van der Waals surface area contributed by atoms with Crippen LogP contribution in [0.1, 0.15) is 22.3 Å². The predicted molar refractivity (Wildman–Crippen MR) is 191 cm³/mol. The smallest absolute Gasteiger partial charge is 0.0998 e. The van der Waals surface area contributed by atoms with Crippen LogP contribution in [0.5, 0.6) is 0 Å². The highest BCUT2D eigenvalue weighted by molar-refractivity contribution is 6.27. The Labute approximate surface area is 275 Å². The van der Waals surface area contributed by atoms with Crippen molar-refractivity contribution in [1.82, 2.24) is 0 Å². The first-order valence-corrected chi connectivity index (χ1v) is 15.5. The number of fused-ring (bicyclic) bond motifs is 8. The second-order valence-corrected chi connectivity index (χ2v) is 12.1. The van der Waals surface area contributed by atoms with E-state index < -0.39 is 0 Å². The van der Waals surface area contributed by atoms with Gasteiger partial charge < -0.3 is 0 Å². The van der Waals surface area contributed by atoms with Crippen molar-refractivity contribution in [3.63, 3.8) is 0 Å². The Hall–Kier alpha value is -7.24. The van der Waals surface area contributed by atoms with Gasteiger partial charge in [-0.05, 0) is 125 Å². The van der Waals surface area contributed by atoms with Gasteiger partial charge in [-0.1, -0.05) is 72.8 Å². The predicted octanol–water partition coefficient (Wildman–Crippen LogP) is 10.8. The minimum absolute atomic E-state index is 0.439. The lowest BCUT2D eigenvalue weighted by Gasteiger charge is -2.18. The van der Waals surface area contributed by atoms with E-state index in [1.807, 2.05) is 24.3 Å². The summed E-state index contributed by atoms with van der Waals surface area (Å²) in [7, 11) is 0. The molecular weight excluding hydrogens is 585 g/mol. The number of hydrogen-bond donors (Lipinski definition) is 0. The number of rotatable bonds is 2. The Morgan fingerprint density at radius 2 is 0.792 bits per heavy atom. The minimum Gasteiger partial charge on any atom is -0.192 e. The Bertz CT molecular complexity index is 2930. The summed E-state index contributed by atoms with van der Waals surface area (Å²) in [5, 5.41) is 48.1. The number of nitrogens with zero attached hydrogens (tertiary/aromatic N) is 4. The van der Waals surface area contributed by atoms with Gasteiger partial charge in [-0.2, -0.15) is 21.0 Å². The standard InChI is InChI=1S/C44H20N4/c45-21-25-11-13-30(28(15-25)23-47)36-17-42-38(33-8-2-1-7-32(33)36)18-37(31-14-12-26(22-46)16-29(31)24-48)41-19-39-34-9-3-5-27-6-4-10-35(44(27)34)40(39)20-43(41)42/h1-20H. The molecule has 0 bridgehead atoms. The first-order chi connectivity index (χ1) is 23.6. The molecular formula is C44H20N4. The van der Waals surface area contributed by atoms with E-state index in [2.05, 4.69) is 97.1 Å². The summed E-state index contributed by atoms with van der Waals surface area (Å²) in [5.41, 5.74) is 9.79. The van der Waals surface area contributed by atoms with Gasteiger partial charge >= 0.3 is 0 Å². The number of benzene rings is 8. The van der Waals surface area contributed by atoms with Gasteiger partial charge in [0.2, 0.25) is 0 Å². The lowest BCUT2D eigenvalue weighted by Crippen LogP contribution is -1.93. The molecule has 0 unspecified atom stereocenters. The fourth-order valence-electron chi connectivity index (χ4n) is 7.61. The van der Waals surface area contributed by atoms with Gasteiger partial charge in [0.05, 0.1) is 46.5 Å². The molecule has 8 aromatic carbocycles. The summed E-state index contributed by atoms with van der Waals surface area (Å²) in [6.07, 6.45) is 0. The maximum atomic E-state index is 10.3. The molecule has 0 aromatic heterocycles. The monoisotopic (exact) mass is 604 g/mol. The fraction of sp³-hybridized carbons (Fsp3) is 0. The molecule has 8 aromatic rings. The van der Waals surface area contributed by atoms with Gasteiger partial charge in [0.15, 0.2) is 0 Å². The van der Waals surface area contributed by atoms with Crippen molar-refractivity contribution in [2.75, 3.05) is 0 Å². The lowest BCUT2D eigenvalue weighted by atomic mass is 9.84. The normalized spacial score (nSPS) is 11.2. The highest BCUT2D eigenvalue weighted by Crippen LogP contribution is 2.51. The van der Waals surface area contributed by atoms with E-state index in [0.29, 0.717) is 22.3 Å². The molecule has 4 nitrogen and oxygen atoms in total. The van der Waals surface area contributed by atoms with Gasteiger partial charge in [-0.25, -0.2) is 0 Å². The molecule has 0 amide bonds. The summed E-state index contributed by atoms with van der Waals surface area (Å²) < 4.78 is 0. The molecule has 48 heavy (non-hydrogen) atoms. The van der Waals surface area contributed by atoms with Crippen molar-refractivity contribution >= 4 is 43.1 Å². The molecule has 216 valence electrons. The van der Waals surface area contributed by atoms with E-state index in [0.717, 1.165) is 65.7 Å². The van der Waals surface area contributed by atoms with E-state index in [1.54, 1.807) is 24.3 Å². The molecule has 0 radical (unpaired) electrons. The van der Waals surface area contributed by atoms with Crippen LogP contribution in [0.2, 0.25) is 0 Å². The Balaban J connectivity index is 1.48. The molecule has 1 aliphatic carbocycles. The van der Waals surface area contributed by atoms with E-state index in [1.165, 1.54) is 21.9 Å². The molecule has 4 heteroatoms. The molecule has 0 fully saturated rings. The maximum Gasteiger partial charge on any atom is 0.0998 e. The van der Waals surface area contributed by atoms with Gasteiger partial charge in [-0.15, -0.1) is 0 Å².